The number of carbonyl (C=O) groups is 3. The molecule has 0 radical (unpaired) electrons. The highest BCUT2D eigenvalue weighted by molar-refractivity contribution is 5.83. The van der Waals surface area contributed by atoms with E-state index in [9.17, 15) is 14.4 Å². The van der Waals surface area contributed by atoms with Crippen LogP contribution in [0.3, 0.4) is 0 Å². The highest BCUT2D eigenvalue weighted by atomic mass is 16.5. The van der Waals surface area contributed by atoms with Crippen LogP contribution in [-0.2, 0) is 14.3 Å². The molecule has 182 valence electrons. The topological polar surface area (TPSA) is 140 Å². The molecule has 0 spiro atoms. The van der Waals surface area contributed by atoms with Gasteiger partial charge in [-0.2, -0.15) is 4.98 Å². The normalized spacial score (nSPS) is 23.4. The molecule has 2 aliphatic rings. The SMILES string of the molecule is COC(=O)CNC(=O)N1CCCCCCNC(=O)C2CC(c3nc(-c4cccnc4)no3)CC21. The van der Waals surface area contributed by atoms with Gasteiger partial charge in [-0.1, -0.05) is 18.0 Å². The minimum absolute atomic E-state index is 0.0767. The Morgan fingerprint density at radius 1 is 1.26 bits per heavy atom. The number of esters is 1. The summed E-state index contributed by atoms with van der Waals surface area (Å²) in [7, 11) is 1.27. The lowest BCUT2D eigenvalue weighted by Gasteiger charge is -2.32. The number of ether oxygens (including phenoxy) is 1. The second-order valence-corrected chi connectivity index (χ2v) is 8.67. The summed E-state index contributed by atoms with van der Waals surface area (Å²) in [6, 6.07) is 2.91. The second kappa shape index (κ2) is 11.1. The molecule has 0 aromatic carbocycles. The number of rotatable bonds is 4. The van der Waals surface area contributed by atoms with E-state index in [2.05, 4.69) is 30.5 Å². The van der Waals surface area contributed by atoms with Crippen LogP contribution in [0.15, 0.2) is 29.0 Å². The van der Waals surface area contributed by atoms with Crippen molar-refractivity contribution in [3.05, 3.63) is 30.4 Å². The Morgan fingerprint density at radius 3 is 2.91 bits per heavy atom. The van der Waals surface area contributed by atoms with Crippen LogP contribution >= 0.6 is 0 Å². The number of methoxy groups -OCH3 is 1. The zero-order valence-electron chi connectivity index (χ0n) is 19.2. The summed E-state index contributed by atoms with van der Waals surface area (Å²) in [6.07, 6.45) is 7.99. The van der Waals surface area contributed by atoms with Crippen molar-refractivity contribution in [1.82, 2.24) is 30.7 Å². The third kappa shape index (κ3) is 5.52. The Bertz CT molecular complexity index is 997. The predicted molar refractivity (Wildman–Crippen MR) is 120 cm³/mol. The van der Waals surface area contributed by atoms with Gasteiger partial charge in [-0.15, -0.1) is 0 Å². The first-order valence-electron chi connectivity index (χ1n) is 11.7. The summed E-state index contributed by atoms with van der Waals surface area (Å²) in [5.41, 5.74) is 0.743. The fourth-order valence-electron chi connectivity index (χ4n) is 4.70. The molecule has 1 aliphatic heterocycles. The van der Waals surface area contributed by atoms with Gasteiger partial charge < -0.3 is 24.8 Å². The molecule has 2 aromatic rings. The molecular weight excluding hydrogens is 440 g/mol. The molecule has 11 heteroatoms. The lowest BCUT2D eigenvalue weighted by Crippen LogP contribution is -2.51. The molecule has 4 rings (SSSR count). The van der Waals surface area contributed by atoms with Gasteiger partial charge in [-0.05, 0) is 37.8 Å². The number of carbonyl (C=O) groups excluding carboxylic acids is 3. The van der Waals surface area contributed by atoms with Crippen molar-refractivity contribution in [2.45, 2.75) is 50.5 Å². The standard InChI is InChI=1S/C23H30N6O5/c1-33-19(30)14-26-23(32)29-10-5-3-2-4-9-25-21(31)17-11-16(12-18(17)29)22-27-20(28-34-22)15-7-6-8-24-13-15/h6-8,13,16-18H,2-5,9-12,14H2,1H3,(H,25,31)(H,26,32). The van der Waals surface area contributed by atoms with E-state index in [1.54, 1.807) is 23.4 Å². The molecule has 34 heavy (non-hydrogen) atoms. The van der Waals surface area contributed by atoms with Crippen LogP contribution < -0.4 is 10.6 Å². The number of aromatic nitrogens is 3. The second-order valence-electron chi connectivity index (χ2n) is 8.67. The number of fused-ring (bicyclic) bond motifs is 1. The van der Waals surface area contributed by atoms with Crippen molar-refractivity contribution in [2.75, 3.05) is 26.7 Å². The van der Waals surface area contributed by atoms with Crippen LogP contribution in [0.5, 0.6) is 0 Å². The first kappa shape index (κ1) is 23.7. The van der Waals surface area contributed by atoms with Gasteiger partial charge in [0.25, 0.3) is 0 Å². The zero-order valence-corrected chi connectivity index (χ0v) is 19.2. The summed E-state index contributed by atoms with van der Waals surface area (Å²) < 4.78 is 10.2. The molecule has 2 N–H and O–H groups in total. The number of urea groups is 1. The maximum atomic E-state index is 13.1. The van der Waals surface area contributed by atoms with Gasteiger partial charge in [0.2, 0.25) is 17.6 Å². The molecule has 1 saturated carbocycles. The van der Waals surface area contributed by atoms with Crippen LogP contribution in [0.4, 0.5) is 4.79 Å². The van der Waals surface area contributed by atoms with Crippen molar-refractivity contribution in [3.8, 4) is 11.4 Å². The van der Waals surface area contributed by atoms with Crippen molar-refractivity contribution in [3.63, 3.8) is 0 Å². The average molecular weight is 471 g/mol. The average Bonchev–Trinajstić information content (AvgIpc) is 3.51. The van der Waals surface area contributed by atoms with E-state index in [0.29, 0.717) is 37.6 Å². The van der Waals surface area contributed by atoms with Gasteiger partial charge in [0.15, 0.2) is 0 Å². The van der Waals surface area contributed by atoms with Gasteiger partial charge in [0.1, 0.15) is 6.54 Å². The Labute approximate surface area is 197 Å². The van der Waals surface area contributed by atoms with Crippen LogP contribution in [0, 0.1) is 5.92 Å². The van der Waals surface area contributed by atoms with E-state index in [1.807, 2.05) is 6.07 Å². The van der Waals surface area contributed by atoms with E-state index in [-0.39, 0.29) is 30.4 Å². The first-order chi connectivity index (χ1) is 16.6. The Hall–Kier alpha value is -3.50. The van der Waals surface area contributed by atoms with Gasteiger partial charge >= 0.3 is 12.0 Å². The molecule has 0 bridgehead atoms. The molecular formula is C23H30N6O5. The van der Waals surface area contributed by atoms with Crippen LogP contribution in [0.2, 0.25) is 0 Å². The van der Waals surface area contributed by atoms with E-state index in [0.717, 1.165) is 31.2 Å². The maximum absolute atomic E-state index is 13.1. The number of hydrogen-bond acceptors (Lipinski definition) is 8. The van der Waals surface area contributed by atoms with E-state index in [4.69, 9.17) is 4.52 Å². The summed E-state index contributed by atoms with van der Waals surface area (Å²) >= 11 is 0. The van der Waals surface area contributed by atoms with E-state index >= 15 is 0 Å². The smallest absolute Gasteiger partial charge is 0.325 e. The Kier molecular flexibility index (Phi) is 7.71. The van der Waals surface area contributed by atoms with Crippen molar-refractivity contribution >= 4 is 17.9 Å². The number of amides is 3. The molecule has 11 nitrogen and oxygen atoms in total. The maximum Gasteiger partial charge on any atom is 0.325 e. The summed E-state index contributed by atoms with van der Waals surface area (Å²) in [5.74, 6) is -0.306. The van der Waals surface area contributed by atoms with Gasteiger partial charge in [0.05, 0.1) is 13.0 Å². The molecule has 3 amide bonds. The molecule has 1 aliphatic carbocycles. The quantitative estimate of drug-likeness (QED) is 0.646. The number of nitrogens with one attached hydrogen (secondary N) is 2. The monoisotopic (exact) mass is 470 g/mol. The Balaban J connectivity index is 1.56. The fraction of sp³-hybridized carbons (Fsp3) is 0.565. The van der Waals surface area contributed by atoms with Crippen molar-refractivity contribution in [1.29, 1.82) is 0 Å². The minimum Gasteiger partial charge on any atom is -0.468 e. The summed E-state index contributed by atoms with van der Waals surface area (Å²) in [5, 5.41) is 9.75. The lowest BCUT2D eigenvalue weighted by molar-refractivity contribution is -0.139. The van der Waals surface area contributed by atoms with Gasteiger partial charge in [0, 0.05) is 43.0 Å². The zero-order chi connectivity index (χ0) is 23.9. The van der Waals surface area contributed by atoms with E-state index in [1.165, 1.54) is 7.11 Å². The van der Waals surface area contributed by atoms with Gasteiger partial charge in [-0.3, -0.25) is 14.6 Å². The fourth-order valence-corrected chi connectivity index (χ4v) is 4.70. The number of hydrogen-bond donors (Lipinski definition) is 2. The predicted octanol–water partition coefficient (Wildman–Crippen LogP) is 1.87. The van der Waals surface area contributed by atoms with E-state index < -0.39 is 11.9 Å². The molecule has 3 heterocycles. The summed E-state index contributed by atoms with van der Waals surface area (Å²) in [4.78, 5) is 48.0. The number of nitrogens with zero attached hydrogens (tertiary/aromatic N) is 4. The molecule has 3 unspecified atom stereocenters. The van der Waals surface area contributed by atoms with Crippen molar-refractivity contribution in [2.24, 2.45) is 5.92 Å². The highest BCUT2D eigenvalue weighted by Gasteiger charge is 2.45. The third-order valence-electron chi connectivity index (χ3n) is 6.47. The lowest BCUT2D eigenvalue weighted by atomic mass is 10.0. The van der Waals surface area contributed by atoms with Crippen molar-refractivity contribution < 1.29 is 23.6 Å². The first-order valence-corrected chi connectivity index (χ1v) is 11.7. The molecule has 3 atom stereocenters. The third-order valence-corrected chi connectivity index (χ3v) is 6.47. The Morgan fingerprint density at radius 2 is 2.12 bits per heavy atom. The molecule has 2 aromatic heterocycles. The number of pyridine rings is 1. The van der Waals surface area contributed by atoms with Crippen LogP contribution in [0.25, 0.3) is 11.4 Å². The summed E-state index contributed by atoms with van der Waals surface area (Å²) in [6.45, 7) is 0.892. The van der Waals surface area contributed by atoms with Crippen LogP contribution in [0.1, 0.15) is 50.3 Å². The largest absolute Gasteiger partial charge is 0.468 e. The van der Waals surface area contributed by atoms with Gasteiger partial charge in [-0.25, -0.2) is 4.79 Å². The highest BCUT2D eigenvalue weighted by Crippen LogP contribution is 2.41. The van der Waals surface area contributed by atoms with Crippen LogP contribution in [-0.4, -0.2) is 70.7 Å². The minimum atomic E-state index is -0.529. The molecule has 1 saturated heterocycles. The molecule has 2 fully saturated rings.